The molecule has 1 spiro atoms. The quantitative estimate of drug-likeness (QED) is 0.629. The summed E-state index contributed by atoms with van der Waals surface area (Å²) in [5, 5.41) is 2.91. The van der Waals surface area contributed by atoms with Crippen molar-refractivity contribution in [3.8, 4) is 0 Å². The van der Waals surface area contributed by atoms with Crippen LogP contribution in [0.5, 0.6) is 0 Å². The lowest BCUT2D eigenvalue weighted by Gasteiger charge is -2.36. The molecule has 2 aliphatic heterocycles. The van der Waals surface area contributed by atoms with Gasteiger partial charge in [-0.3, -0.25) is 14.5 Å². The van der Waals surface area contributed by atoms with E-state index in [-0.39, 0.29) is 29.6 Å². The number of hydrogen-bond donors (Lipinski definition) is 1. The highest BCUT2D eigenvalue weighted by atomic mass is 16.2. The normalized spacial score (nSPS) is 29.5. The van der Waals surface area contributed by atoms with Crippen LogP contribution in [-0.4, -0.2) is 41.8 Å². The number of urea groups is 1. The predicted octanol–water partition coefficient (Wildman–Crippen LogP) is 3.37. The lowest BCUT2D eigenvalue weighted by atomic mass is 9.73. The Kier molecular flexibility index (Phi) is 4.56. The molecule has 3 aliphatic rings. The van der Waals surface area contributed by atoms with Gasteiger partial charge in [0, 0.05) is 29.9 Å². The highest BCUT2D eigenvalue weighted by Crippen LogP contribution is 2.46. The average Bonchev–Trinajstić information content (AvgIpc) is 3.03. The van der Waals surface area contributed by atoms with Gasteiger partial charge in [0.25, 0.3) is 5.91 Å². The molecule has 0 aromatic heterocycles. The van der Waals surface area contributed by atoms with Gasteiger partial charge in [-0.1, -0.05) is 51.8 Å². The van der Waals surface area contributed by atoms with Gasteiger partial charge in [0.15, 0.2) is 5.78 Å². The van der Waals surface area contributed by atoms with E-state index >= 15 is 0 Å². The van der Waals surface area contributed by atoms with Gasteiger partial charge in [-0.15, -0.1) is 0 Å². The first-order valence-electron chi connectivity index (χ1n) is 10.4. The Morgan fingerprint density at radius 1 is 1.24 bits per heavy atom. The van der Waals surface area contributed by atoms with Crippen molar-refractivity contribution in [2.24, 2.45) is 5.92 Å². The monoisotopic (exact) mass is 395 g/mol. The number of ketones is 1. The maximum Gasteiger partial charge on any atom is 0.325 e. The van der Waals surface area contributed by atoms with Gasteiger partial charge in [-0.05, 0) is 30.4 Å². The van der Waals surface area contributed by atoms with Crippen molar-refractivity contribution in [1.29, 1.82) is 0 Å². The summed E-state index contributed by atoms with van der Waals surface area (Å²) in [6.07, 6.45) is 5.14. The topological polar surface area (TPSA) is 69.7 Å². The van der Waals surface area contributed by atoms with E-state index in [1.165, 1.54) is 0 Å². The van der Waals surface area contributed by atoms with E-state index in [1.807, 2.05) is 37.1 Å². The van der Waals surface area contributed by atoms with Crippen molar-refractivity contribution >= 4 is 23.4 Å². The van der Waals surface area contributed by atoms with Gasteiger partial charge in [-0.25, -0.2) is 4.79 Å². The molecule has 4 rings (SSSR count). The number of carbonyl (C=O) groups is 3. The molecule has 2 atom stereocenters. The van der Waals surface area contributed by atoms with Crippen molar-refractivity contribution < 1.29 is 14.4 Å². The van der Waals surface area contributed by atoms with Crippen LogP contribution in [0.25, 0.3) is 0 Å². The maximum atomic E-state index is 13.1. The fourth-order valence-corrected chi connectivity index (χ4v) is 5.25. The summed E-state index contributed by atoms with van der Waals surface area (Å²) in [4.78, 5) is 41.7. The Morgan fingerprint density at radius 3 is 2.66 bits per heavy atom. The Bertz CT molecular complexity index is 920. The van der Waals surface area contributed by atoms with Crippen LogP contribution < -0.4 is 10.2 Å². The number of benzene rings is 1. The molecule has 1 aromatic carbocycles. The number of para-hydroxylation sites is 1. The molecule has 2 heterocycles. The minimum absolute atomic E-state index is 0.0838. The van der Waals surface area contributed by atoms with E-state index in [9.17, 15) is 14.4 Å². The second kappa shape index (κ2) is 6.71. The first kappa shape index (κ1) is 19.7. The van der Waals surface area contributed by atoms with Crippen molar-refractivity contribution in [2.45, 2.75) is 57.4 Å². The summed E-state index contributed by atoms with van der Waals surface area (Å²) in [5.41, 5.74) is 1.95. The summed E-state index contributed by atoms with van der Waals surface area (Å²) < 4.78 is 0. The zero-order valence-electron chi connectivity index (χ0n) is 17.6. The lowest BCUT2D eigenvalue weighted by molar-refractivity contribution is -0.136. The second-order valence-electron chi connectivity index (χ2n) is 9.14. The molecule has 3 amide bonds. The molecule has 154 valence electrons. The van der Waals surface area contributed by atoms with Gasteiger partial charge in [0.2, 0.25) is 0 Å². The van der Waals surface area contributed by atoms with E-state index in [1.54, 1.807) is 6.08 Å². The van der Waals surface area contributed by atoms with Crippen LogP contribution in [0.15, 0.2) is 36.0 Å². The number of amides is 3. The summed E-state index contributed by atoms with van der Waals surface area (Å²) in [6.45, 7) is 5.96. The second-order valence-corrected chi connectivity index (χ2v) is 9.14. The molecular formula is C23H29N3O3. The number of carbonyl (C=O) groups excluding carboxylic acids is 3. The molecule has 0 unspecified atom stereocenters. The van der Waals surface area contributed by atoms with Crippen LogP contribution in [0.3, 0.4) is 0 Å². The zero-order chi connectivity index (χ0) is 21.0. The van der Waals surface area contributed by atoms with Gasteiger partial charge >= 0.3 is 6.03 Å². The van der Waals surface area contributed by atoms with Crippen LogP contribution in [0.1, 0.15) is 52.0 Å². The van der Waals surface area contributed by atoms with Gasteiger partial charge < -0.3 is 10.2 Å². The fraction of sp³-hybridized carbons (Fsp3) is 0.522. The molecule has 1 aromatic rings. The first-order chi connectivity index (χ1) is 13.7. The summed E-state index contributed by atoms with van der Waals surface area (Å²) >= 11 is 0. The van der Waals surface area contributed by atoms with Crippen molar-refractivity contribution in [2.75, 3.05) is 18.5 Å². The van der Waals surface area contributed by atoms with E-state index in [0.717, 1.165) is 41.1 Å². The number of nitrogens with one attached hydrogen (secondary N) is 1. The highest BCUT2D eigenvalue weighted by molar-refractivity contribution is 6.10. The summed E-state index contributed by atoms with van der Waals surface area (Å²) in [7, 11) is 1.94. The number of imide groups is 1. The Labute approximate surface area is 171 Å². The zero-order valence-corrected chi connectivity index (χ0v) is 17.6. The molecule has 29 heavy (non-hydrogen) atoms. The summed E-state index contributed by atoms with van der Waals surface area (Å²) in [5.74, 6) is -0.402. The van der Waals surface area contributed by atoms with Crippen LogP contribution in [-0.2, 0) is 15.0 Å². The number of allylic oxidation sites excluding steroid dienone is 1. The molecular weight excluding hydrogens is 366 g/mol. The summed E-state index contributed by atoms with van der Waals surface area (Å²) in [6, 6.07) is 7.64. The predicted molar refractivity (Wildman–Crippen MR) is 112 cm³/mol. The van der Waals surface area contributed by atoms with Crippen molar-refractivity contribution in [3.63, 3.8) is 0 Å². The molecule has 1 N–H and O–H groups in total. The van der Waals surface area contributed by atoms with Crippen molar-refractivity contribution in [1.82, 2.24) is 10.2 Å². The molecule has 6 nitrogen and oxygen atoms in total. The van der Waals surface area contributed by atoms with Crippen LogP contribution in [0.4, 0.5) is 10.5 Å². The molecule has 6 heteroatoms. The number of fused-ring (bicyclic) bond motifs is 1. The van der Waals surface area contributed by atoms with E-state index in [0.29, 0.717) is 6.42 Å². The third-order valence-electron chi connectivity index (χ3n) is 7.05. The number of hydrogen-bond acceptors (Lipinski definition) is 4. The first-order valence-corrected chi connectivity index (χ1v) is 10.4. The molecule has 1 saturated heterocycles. The van der Waals surface area contributed by atoms with Crippen LogP contribution >= 0.6 is 0 Å². The van der Waals surface area contributed by atoms with Gasteiger partial charge in [0.1, 0.15) is 5.54 Å². The van der Waals surface area contributed by atoms with Crippen LogP contribution in [0.2, 0.25) is 0 Å². The number of likely N-dealkylation sites (N-methyl/N-ethyl adjacent to an activating group) is 1. The van der Waals surface area contributed by atoms with E-state index in [2.05, 4.69) is 25.2 Å². The lowest BCUT2D eigenvalue weighted by Crippen LogP contribution is -2.54. The minimum Gasteiger partial charge on any atom is -0.347 e. The molecule has 1 aliphatic carbocycles. The smallest absolute Gasteiger partial charge is 0.325 e. The van der Waals surface area contributed by atoms with Crippen LogP contribution in [0, 0.1) is 5.92 Å². The Hall–Kier alpha value is -2.63. The van der Waals surface area contributed by atoms with Gasteiger partial charge in [-0.2, -0.15) is 0 Å². The fourth-order valence-electron chi connectivity index (χ4n) is 5.25. The Balaban J connectivity index is 1.56. The number of nitrogens with zero attached hydrogens (tertiary/aromatic N) is 2. The minimum atomic E-state index is -0.831. The van der Waals surface area contributed by atoms with Crippen molar-refractivity contribution in [3.05, 3.63) is 41.6 Å². The third kappa shape index (κ3) is 2.88. The van der Waals surface area contributed by atoms with Gasteiger partial charge in [0.05, 0.1) is 6.54 Å². The number of rotatable bonds is 3. The Morgan fingerprint density at radius 2 is 1.97 bits per heavy atom. The largest absolute Gasteiger partial charge is 0.347 e. The maximum absolute atomic E-state index is 13.1. The molecule has 2 fully saturated rings. The highest BCUT2D eigenvalue weighted by Gasteiger charge is 2.55. The number of anilines is 1. The van der Waals surface area contributed by atoms with E-state index < -0.39 is 11.6 Å². The molecule has 0 radical (unpaired) electrons. The molecule has 0 bridgehead atoms. The SMILES string of the molecule is C[C@H]1CCCC[C@@]12NC(=O)N(CC(=O)C=C1N(C)c3ccccc3C1(C)C)C2=O. The van der Waals surface area contributed by atoms with E-state index in [4.69, 9.17) is 0 Å². The average molecular weight is 396 g/mol. The third-order valence-corrected chi connectivity index (χ3v) is 7.05. The molecule has 1 saturated carbocycles. The standard InChI is InChI=1S/C23H29N3O3/c1-15-9-7-8-12-23(15)20(28)26(21(29)24-23)14-16(27)13-19-22(2,3)17-10-5-6-11-18(17)25(19)4/h5-6,10-11,13,15H,7-9,12,14H2,1-4H3,(H,24,29)/t15-,23+/m0/s1.